The second kappa shape index (κ2) is 10.8. The van der Waals surface area contributed by atoms with E-state index in [2.05, 4.69) is 20.6 Å². The molecule has 1 aromatic carbocycles. The van der Waals surface area contributed by atoms with E-state index in [0.717, 1.165) is 24.3 Å². The Balaban J connectivity index is 1.53. The average molecular weight is 410 g/mol. The average Bonchev–Trinajstić information content (AvgIpc) is 3.30. The van der Waals surface area contributed by atoms with Crippen molar-refractivity contribution in [3.63, 3.8) is 0 Å². The van der Waals surface area contributed by atoms with Crippen LogP contribution in [-0.2, 0) is 13.0 Å². The van der Waals surface area contributed by atoms with Gasteiger partial charge in [0, 0.05) is 38.8 Å². The number of hydrogen-bond donors (Lipinski definition) is 2. The van der Waals surface area contributed by atoms with Crippen molar-refractivity contribution in [2.45, 2.75) is 13.0 Å². The zero-order valence-electron chi connectivity index (χ0n) is 17.3. The summed E-state index contributed by atoms with van der Waals surface area (Å²) in [4.78, 5) is 8.60. The molecule has 0 aliphatic carbocycles. The number of hydrogen-bond acceptors (Lipinski definition) is 6. The number of aromatic nitrogens is 1. The zero-order chi connectivity index (χ0) is 21.2. The van der Waals surface area contributed by atoms with Gasteiger partial charge in [-0.1, -0.05) is 12.1 Å². The van der Waals surface area contributed by atoms with Crippen LogP contribution in [0.2, 0.25) is 0 Å². The lowest BCUT2D eigenvalue weighted by Gasteiger charge is -2.14. The Labute approximate surface area is 175 Å². The van der Waals surface area contributed by atoms with Gasteiger partial charge in [0.05, 0.1) is 20.5 Å². The molecule has 3 rings (SSSR count). The van der Waals surface area contributed by atoms with Gasteiger partial charge >= 0.3 is 0 Å². The minimum absolute atomic E-state index is 0.447. The second-order valence-electron chi connectivity index (χ2n) is 6.28. The number of methoxy groups -OCH3 is 2. The Bertz CT molecular complexity index is 918. The van der Waals surface area contributed by atoms with Gasteiger partial charge in [-0.2, -0.15) is 0 Å². The molecular formula is C22H26N4O4. The molecule has 0 saturated heterocycles. The summed E-state index contributed by atoms with van der Waals surface area (Å²) >= 11 is 0. The van der Waals surface area contributed by atoms with Gasteiger partial charge in [0.2, 0.25) is 11.6 Å². The van der Waals surface area contributed by atoms with E-state index < -0.39 is 0 Å². The van der Waals surface area contributed by atoms with Gasteiger partial charge in [-0.25, -0.2) is 4.98 Å². The van der Waals surface area contributed by atoms with Crippen LogP contribution in [-0.4, -0.2) is 38.8 Å². The molecule has 8 heteroatoms. The number of furan rings is 1. The number of ether oxygens (including phenoxy) is 3. The first kappa shape index (κ1) is 21.0. The predicted molar refractivity (Wildman–Crippen MR) is 114 cm³/mol. The first-order valence-electron chi connectivity index (χ1n) is 9.54. The third-order valence-electron chi connectivity index (χ3n) is 4.31. The van der Waals surface area contributed by atoms with E-state index in [1.165, 1.54) is 0 Å². The van der Waals surface area contributed by atoms with E-state index in [1.807, 2.05) is 24.3 Å². The Kier molecular flexibility index (Phi) is 7.54. The Morgan fingerprint density at radius 2 is 1.83 bits per heavy atom. The van der Waals surface area contributed by atoms with E-state index in [-0.39, 0.29) is 0 Å². The quantitative estimate of drug-likeness (QED) is 0.413. The summed E-state index contributed by atoms with van der Waals surface area (Å²) in [5.74, 6) is 3.73. The van der Waals surface area contributed by atoms with Gasteiger partial charge in [-0.3, -0.25) is 4.99 Å². The number of aliphatic imine (C=N–C) groups is 1. The summed E-state index contributed by atoms with van der Waals surface area (Å²) in [5, 5.41) is 6.51. The van der Waals surface area contributed by atoms with Gasteiger partial charge in [-0.15, -0.1) is 0 Å². The fourth-order valence-electron chi connectivity index (χ4n) is 2.76. The minimum Gasteiger partial charge on any atom is -0.493 e. The van der Waals surface area contributed by atoms with Crippen molar-refractivity contribution in [2.24, 2.45) is 4.99 Å². The van der Waals surface area contributed by atoms with Crippen LogP contribution in [0.3, 0.4) is 0 Å². The Morgan fingerprint density at radius 3 is 2.43 bits per heavy atom. The molecule has 0 unspecified atom stereocenters. The normalized spacial score (nSPS) is 11.1. The van der Waals surface area contributed by atoms with Crippen molar-refractivity contribution in [2.75, 3.05) is 27.8 Å². The molecule has 0 radical (unpaired) electrons. The number of benzene rings is 1. The number of guanidine groups is 1. The Morgan fingerprint density at radius 1 is 1.03 bits per heavy atom. The van der Waals surface area contributed by atoms with Crippen molar-refractivity contribution in [1.29, 1.82) is 0 Å². The lowest BCUT2D eigenvalue weighted by atomic mass is 10.3. The maximum absolute atomic E-state index is 5.89. The van der Waals surface area contributed by atoms with Crippen molar-refractivity contribution in [3.8, 4) is 23.1 Å². The minimum atomic E-state index is 0.447. The van der Waals surface area contributed by atoms with Crippen LogP contribution in [0.15, 0.2) is 64.3 Å². The summed E-state index contributed by atoms with van der Waals surface area (Å²) < 4.78 is 21.9. The molecule has 0 bridgehead atoms. The standard InChI is InChI=1S/C22H26N4O4/c1-23-22(24-12-11-17-6-5-13-29-17)26-15-16-9-10-20(25-14-16)30-21-18(27-2)7-4-8-19(21)28-3/h4-10,13-14H,11-12,15H2,1-3H3,(H2,23,24,26). The fourth-order valence-corrected chi connectivity index (χ4v) is 2.76. The number of pyridine rings is 1. The van der Waals surface area contributed by atoms with Crippen LogP contribution in [0.1, 0.15) is 11.3 Å². The molecular weight excluding hydrogens is 384 g/mol. The molecule has 0 fully saturated rings. The van der Waals surface area contributed by atoms with Gasteiger partial charge in [0.1, 0.15) is 5.76 Å². The highest BCUT2D eigenvalue weighted by atomic mass is 16.5. The predicted octanol–water partition coefficient (Wildman–Crippen LogP) is 3.39. The number of rotatable bonds is 9. The van der Waals surface area contributed by atoms with Crippen LogP contribution in [0.5, 0.6) is 23.1 Å². The van der Waals surface area contributed by atoms with Gasteiger partial charge in [-0.05, 0) is 29.8 Å². The third kappa shape index (κ3) is 5.66. The summed E-state index contributed by atoms with van der Waals surface area (Å²) in [5.41, 5.74) is 0.989. The van der Waals surface area contributed by atoms with Gasteiger partial charge in [0.25, 0.3) is 0 Å². The lowest BCUT2D eigenvalue weighted by molar-refractivity contribution is 0.342. The van der Waals surface area contributed by atoms with E-state index in [9.17, 15) is 0 Å². The van der Waals surface area contributed by atoms with E-state index in [4.69, 9.17) is 18.6 Å². The van der Waals surface area contributed by atoms with Crippen LogP contribution in [0.25, 0.3) is 0 Å². The molecule has 30 heavy (non-hydrogen) atoms. The first-order chi connectivity index (χ1) is 14.7. The highest BCUT2D eigenvalue weighted by molar-refractivity contribution is 5.79. The smallest absolute Gasteiger partial charge is 0.219 e. The molecule has 0 spiro atoms. The highest BCUT2D eigenvalue weighted by Gasteiger charge is 2.13. The van der Waals surface area contributed by atoms with Gasteiger partial charge < -0.3 is 29.3 Å². The molecule has 0 atom stereocenters. The number of nitrogens with zero attached hydrogens (tertiary/aromatic N) is 2. The van der Waals surface area contributed by atoms with Crippen LogP contribution in [0, 0.1) is 0 Å². The summed E-state index contributed by atoms with van der Waals surface area (Å²) in [7, 11) is 4.90. The van der Waals surface area contributed by atoms with Crippen LogP contribution >= 0.6 is 0 Å². The van der Waals surface area contributed by atoms with E-state index in [1.54, 1.807) is 51.9 Å². The summed E-state index contributed by atoms with van der Waals surface area (Å²) in [6.07, 6.45) is 4.21. The highest BCUT2D eigenvalue weighted by Crippen LogP contribution is 2.39. The molecule has 3 aromatic rings. The zero-order valence-corrected chi connectivity index (χ0v) is 17.3. The molecule has 158 valence electrons. The van der Waals surface area contributed by atoms with Crippen molar-refractivity contribution in [3.05, 3.63) is 66.2 Å². The summed E-state index contributed by atoms with van der Waals surface area (Å²) in [6.45, 7) is 1.30. The molecule has 0 saturated carbocycles. The molecule has 2 heterocycles. The van der Waals surface area contributed by atoms with E-state index >= 15 is 0 Å². The Hall–Kier alpha value is -3.68. The van der Waals surface area contributed by atoms with Crippen molar-refractivity contribution >= 4 is 5.96 Å². The maximum Gasteiger partial charge on any atom is 0.219 e. The maximum atomic E-state index is 5.89. The molecule has 2 N–H and O–H groups in total. The van der Waals surface area contributed by atoms with E-state index in [0.29, 0.717) is 35.6 Å². The van der Waals surface area contributed by atoms with Crippen LogP contribution in [0.4, 0.5) is 0 Å². The van der Waals surface area contributed by atoms with Crippen molar-refractivity contribution in [1.82, 2.24) is 15.6 Å². The molecule has 0 amide bonds. The third-order valence-corrected chi connectivity index (χ3v) is 4.31. The van der Waals surface area contributed by atoms with Gasteiger partial charge in [0.15, 0.2) is 17.5 Å². The molecule has 0 aliphatic heterocycles. The fraction of sp³-hybridized carbons (Fsp3) is 0.273. The molecule has 0 aliphatic rings. The molecule has 2 aromatic heterocycles. The largest absolute Gasteiger partial charge is 0.493 e. The lowest BCUT2D eigenvalue weighted by Crippen LogP contribution is -2.37. The number of para-hydroxylation sites is 1. The van der Waals surface area contributed by atoms with Crippen molar-refractivity contribution < 1.29 is 18.6 Å². The first-order valence-corrected chi connectivity index (χ1v) is 9.54. The SMILES string of the molecule is CN=C(NCCc1ccco1)NCc1ccc(Oc2c(OC)cccc2OC)nc1. The van der Waals surface area contributed by atoms with Crippen LogP contribution < -0.4 is 24.8 Å². The number of nitrogens with one attached hydrogen (secondary N) is 2. The molecule has 8 nitrogen and oxygen atoms in total. The summed E-state index contributed by atoms with van der Waals surface area (Å²) in [6, 6.07) is 13.0. The second-order valence-corrected chi connectivity index (χ2v) is 6.28. The topological polar surface area (TPSA) is 90.1 Å². The monoisotopic (exact) mass is 410 g/mol.